The minimum atomic E-state index is -0.250. The van der Waals surface area contributed by atoms with Crippen LogP contribution in [-0.4, -0.2) is 35.9 Å². The second-order valence-electron chi connectivity index (χ2n) is 4.15. The molecule has 1 N–H and O–H groups in total. The van der Waals surface area contributed by atoms with Crippen LogP contribution in [-0.2, 0) is 16.1 Å². The predicted molar refractivity (Wildman–Crippen MR) is 74.6 cm³/mol. The van der Waals surface area contributed by atoms with Crippen LogP contribution in [0.3, 0.4) is 0 Å². The number of ether oxygens (including phenoxy) is 2. The van der Waals surface area contributed by atoms with Crippen molar-refractivity contribution in [2.75, 3.05) is 25.6 Å². The van der Waals surface area contributed by atoms with Crippen molar-refractivity contribution < 1.29 is 14.3 Å². The van der Waals surface area contributed by atoms with Crippen LogP contribution >= 0.6 is 0 Å². The fourth-order valence-electron chi connectivity index (χ4n) is 1.64. The number of imidazole rings is 1. The first-order chi connectivity index (χ1) is 9.79. The Balaban J connectivity index is 1.90. The highest BCUT2D eigenvalue weighted by Crippen LogP contribution is 2.12. The van der Waals surface area contributed by atoms with Crippen LogP contribution in [0.5, 0.6) is 0 Å². The molecule has 0 atom stereocenters. The topological polar surface area (TPSA) is 65.4 Å². The molecule has 6 heteroatoms. The van der Waals surface area contributed by atoms with Crippen LogP contribution in [0.15, 0.2) is 43.0 Å². The highest BCUT2D eigenvalue weighted by atomic mass is 16.5. The average molecular weight is 275 g/mol. The van der Waals surface area contributed by atoms with Crippen molar-refractivity contribution in [3.63, 3.8) is 0 Å². The normalized spacial score (nSPS) is 10.4. The van der Waals surface area contributed by atoms with Gasteiger partial charge in [-0.25, -0.2) is 9.78 Å². The number of carbonyl (C=O) groups excluding carboxylic acids is 1. The van der Waals surface area contributed by atoms with Gasteiger partial charge in [-0.1, -0.05) is 12.1 Å². The van der Waals surface area contributed by atoms with Gasteiger partial charge in [-0.3, -0.25) is 4.57 Å². The van der Waals surface area contributed by atoms with E-state index in [9.17, 15) is 4.79 Å². The molecule has 0 saturated heterocycles. The summed E-state index contributed by atoms with van der Waals surface area (Å²) in [6, 6.07) is 7.27. The number of methoxy groups -OCH3 is 1. The van der Waals surface area contributed by atoms with E-state index >= 15 is 0 Å². The molecule has 1 amide bonds. The van der Waals surface area contributed by atoms with E-state index in [2.05, 4.69) is 10.3 Å². The molecule has 1 heterocycles. The summed E-state index contributed by atoms with van der Waals surface area (Å²) in [6.07, 6.45) is 4.60. The number of nitrogens with zero attached hydrogens (tertiary/aromatic N) is 2. The SMILES string of the molecule is COCCOCc1cccc(NC(=O)n2ccnc2)c1. The van der Waals surface area contributed by atoms with Gasteiger partial charge in [0.1, 0.15) is 6.33 Å². The molecule has 6 nitrogen and oxygen atoms in total. The van der Waals surface area contributed by atoms with Gasteiger partial charge in [0.15, 0.2) is 0 Å². The Morgan fingerprint density at radius 2 is 2.30 bits per heavy atom. The first kappa shape index (κ1) is 14.2. The van der Waals surface area contributed by atoms with Gasteiger partial charge in [0.05, 0.1) is 19.8 Å². The standard InChI is InChI=1S/C14H17N3O3/c1-19-7-8-20-10-12-3-2-4-13(9-12)16-14(18)17-6-5-15-11-17/h2-6,9,11H,7-8,10H2,1H3,(H,16,18). The van der Waals surface area contributed by atoms with Gasteiger partial charge in [-0.2, -0.15) is 0 Å². The minimum absolute atomic E-state index is 0.250. The zero-order valence-electron chi connectivity index (χ0n) is 11.3. The zero-order valence-corrected chi connectivity index (χ0v) is 11.3. The van der Waals surface area contributed by atoms with E-state index in [4.69, 9.17) is 9.47 Å². The van der Waals surface area contributed by atoms with E-state index in [-0.39, 0.29) is 6.03 Å². The Labute approximate surface area is 117 Å². The zero-order chi connectivity index (χ0) is 14.2. The number of aromatic nitrogens is 2. The predicted octanol–water partition coefficient (Wildman–Crippen LogP) is 2.13. The van der Waals surface area contributed by atoms with Gasteiger partial charge >= 0.3 is 6.03 Å². The summed E-state index contributed by atoms with van der Waals surface area (Å²) in [5.41, 5.74) is 1.71. The third-order valence-electron chi connectivity index (χ3n) is 2.62. The van der Waals surface area contributed by atoms with Gasteiger partial charge in [0.2, 0.25) is 0 Å². The molecule has 0 bridgehead atoms. The smallest absolute Gasteiger partial charge is 0.331 e. The molecule has 1 aromatic carbocycles. The lowest BCUT2D eigenvalue weighted by Crippen LogP contribution is -2.17. The van der Waals surface area contributed by atoms with Gasteiger partial charge in [-0.15, -0.1) is 0 Å². The number of hydrogen-bond donors (Lipinski definition) is 1. The fraction of sp³-hybridized carbons (Fsp3) is 0.286. The molecule has 2 rings (SSSR count). The number of benzene rings is 1. The second-order valence-corrected chi connectivity index (χ2v) is 4.15. The molecule has 0 aliphatic heterocycles. The van der Waals surface area contributed by atoms with Gasteiger partial charge in [0, 0.05) is 25.2 Å². The van der Waals surface area contributed by atoms with E-state index in [1.807, 2.05) is 24.3 Å². The summed E-state index contributed by atoms with van der Waals surface area (Å²) in [4.78, 5) is 15.7. The van der Waals surface area contributed by atoms with Crippen LogP contribution < -0.4 is 5.32 Å². The van der Waals surface area contributed by atoms with Crippen LogP contribution in [0.2, 0.25) is 0 Å². The molecular weight excluding hydrogens is 258 g/mol. The highest BCUT2D eigenvalue weighted by Gasteiger charge is 2.04. The molecular formula is C14H17N3O3. The van der Waals surface area contributed by atoms with Crippen molar-refractivity contribution >= 4 is 11.7 Å². The van der Waals surface area contributed by atoms with Gasteiger partial charge < -0.3 is 14.8 Å². The average Bonchev–Trinajstić information content (AvgIpc) is 2.98. The molecule has 0 saturated carbocycles. The van der Waals surface area contributed by atoms with Crippen LogP contribution in [0.4, 0.5) is 10.5 Å². The molecule has 0 aliphatic rings. The summed E-state index contributed by atoms with van der Waals surface area (Å²) in [5.74, 6) is 0. The number of rotatable bonds is 6. The quantitative estimate of drug-likeness (QED) is 0.820. The Morgan fingerprint density at radius 1 is 1.40 bits per heavy atom. The number of anilines is 1. The third-order valence-corrected chi connectivity index (χ3v) is 2.62. The molecule has 2 aromatic rings. The summed E-state index contributed by atoms with van der Waals surface area (Å²) in [5, 5.41) is 2.79. The van der Waals surface area contributed by atoms with Crippen molar-refractivity contribution in [3.05, 3.63) is 48.5 Å². The summed E-state index contributed by atoms with van der Waals surface area (Å²) in [7, 11) is 1.63. The molecule has 0 spiro atoms. The van der Waals surface area contributed by atoms with Crippen LogP contribution in [0.25, 0.3) is 0 Å². The van der Waals surface area contributed by atoms with Crippen molar-refractivity contribution in [1.29, 1.82) is 0 Å². The number of nitrogens with one attached hydrogen (secondary N) is 1. The lowest BCUT2D eigenvalue weighted by molar-refractivity contribution is 0.0617. The molecule has 106 valence electrons. The first-order valence-corrected chi connectivity index (χ1v) is 6.24. The Morgan fingerprint density at radius 3 is 3.05 bits per heavy atom. The van der Waals surface area contributed by atoms with E-state index in [1.165, 1.54) is 10.9 Å². The Bertz CT molecular complexity index is 540. The molecule has 0 unspecified atom stereocenters. The third kappa shape index (κ3) is 4.18. The molecule has 20 heavy (non-hydrogen) atoms. The van der Waals surface area contributed by atoms with Crippen LogP contribution in [0.1, 0.15) is 5.56 Å². The van der Waals surface area contributed by atoms with Crippen molar-refractivity contribution in [2.45, 2.75) is 6.61 Å². The number of amides is 1. The monoisotopic (exact) mass is 275 g/mol. The minimum Gasteiger partial charge on any atom is -0.382 e. The van der Waals surface area contributed by atoms with E-state index in [0.29, 0.717) is 19.8 Å². The maximum Gasteiger partial charge on any atom is 0.331 e. The number of carbonyl (C=O) groups is 1. The lowest BCUT2D eigenvalue weighted by atomic mass is 10.2. The van der Waals surface area contributed by atoms with E-state index in [1.54, 1.807) is 19.5 Å². The second kappa shape index (κ2) is 7.42. The van der Waals surface area contributed by atoms with E-state index < -0.39 is 0 Å². The maximum atomic E-state index is 11.8. The van der Waals surface area contributed by atoms with Crippen molar-refractivity contribution in [1.82, 2.24) is 9.55 Å². The van der Waals surface area contributed by atoms with E-state index in [0.717, 1.165) is 11.3 Å². The Kier molecular flexibility index (Phi) is 5.28. The highest BCUT2D eigenvalue weighted by molar-refractivity contribution is 5.90. The number of hydrogen-bond acceptors (Lipinski definition) is 4. The molecule has 1 aromatic heterocycles. The lowest BCUT2D eigenvalue weighted by Gasteiger charge is -2.08. The largest absolute Gasteiger partial charge is 0.382 e. The van der Waals surface area contributed by atoms with Crippen molar-refractivity contribution in [3.8, 4) is 0 Å². The summed E-state index contributed by atoms with van der Waals surface area (Å²) < 4.78 is 11.7. The van der Waals surface area contributed by atoms with Crippen molar-refractivity contribution in [2.24, 2.45) is 0 Å². The van der Waals surface area contributed by atoms with Gasteiger partial charge in [-0.05, 0) is 17.7 Å². The molecule has 0 aliphatic carbocycles. The molecule has 0 radical (unpaired) electrons. The summed E-state index contributed by atoms with van der Waals surface area (Å²) in [6.45, 7) is 1.59. The fourth-order valence-corrected chi connectivity index (χ4v) is 1.64. The maximum absolute atomic E-state index is 11.8. The van der Waals surface area contributed by atoms with Gasteiger partial charge in [0.25, 0.3) is 0 Å². The first-order valence-electron chi connectivity index (χ1n) is 6.24. The molecule has 0 fully saturated rings. The Hall–Kier alpha value is -2.18. The van der Waals surface area contributed by atoms with Crippen LogP contribution in [0, 0.1) is 0 Å². The summed E-state index contributed by atoms with van der Waals surface area (Å²) >= 11 is 0.